The van der Waals surface area contributed by atoms with E-state index in [4.69, 9.17) is 0 Å². The van der Waals surface area contributed by atoms with E-state index in [-0.39, 0.29) is 24.1 Å². The molecule has 0 amide bonds. The van der Waals surface area contributed by atoms with E-state index in [0.29, 0.717) is 13.0 Å². The molecule has 0 bridgehead atoms. The molecule has 156 valence electrons. The molecule has 0 saturated heterocycles. The third kappa shape index (κ3) is 10.1. The predicted molar refractivity (Wildman–Crippen MR) is 101 cm³/mol. The van der Waals surface area contributed by atoms with Gasteiger partial charge < -0.3 is 24.6 Å². The first kappa shape index (κ1) is 25.1. The molecule has 0 aromatic heterocycles. The average Bonchev–Trinajstić information content (AvgIpc) is 2.57. The lowest BCUT2D eigenvalue weighted by Gasteiger charge is -2.42. The maximum atomic E-state index is 11.4. The highest BCUT2D eigenvalue weighted by atomic mass is 16.4. The van der Waals surface area contributed by atoms with Crippen LogP contribution in [0.1, 0.15) is 53.4 Å². The summed E-state index contributed by atoms with van der Waals surface area (Å²) >= 11 is 0. The van der Waals surface area contributed by atoms with Crippen molar-refractivity contribution in [1.82, 2.24) is 0 Å². The van der Waals surface area contributed by atoms with Crippen LogP contribution in [-0.2, 0) is 14.4 Å². The first-order valence-electron chi connectivity index (χ1n) is 9.71. The molecule has 0 spiro atoms. The fraction of sp³-hybridized carbons (Fsp3) is 0.750. The van der Waals surface area contributed by atoms with Gasteiger partial charge in [-0.3, -0.25) is 9.59 Å². The molecule has 27 heavy (non-hydrogen) atoms. The summed E-state index contributed by atoms with van der Waals surface area (Å²) in [5.41, 5.74) is 0. The Balaban J connectivity index is 5.52. The molecular formula is C20H35NO6. The first-order valence-corrected chi connectivity index (χ1v) is 9.71. The van der Waals surface area contributed by atoms with Gasteiger partial charge in [0.15, 0.2) is 0 Å². The average molecular weight is 386 g/mol. The standard InChI is InChI=1S/C20H35NO6/c1-5-6-7-8-9-10-11-21(12-15(2)18(22)23,13-16(3)19(24)25)14-17(4)20(26)27/h8-9,15-17H,5-7,10-14H2,1-4H3,(H2-,22,23,24,25,26,27)/b9-8+. The summed E-state index contributed by atoms with van der Waals surface area (Å²) in [4.78, 5) is 34.1. The van der Waals surface area contributed by atoms with Gasteiger partial charge in [0.2, 0.25) is 0 Å². The SMILES string of the molecule is CCCC/C=C/CC[N+](CC(C)C(=O)[O-])(CC(C)C(=O)O)CC(C)C(=O)O. The molecule has 0 fully saturated rings. The van der Waals surface area contributed by atoms with E-state index >= 15 is 0 Å². The number of quaternary nitrogens is 1. The van der Waals surface area contributed by atoms with Crippen molar-refractivity contribution in [2.45, 2.75) is 53.4 Å². The van der Waals surface area contributed by atoms with Crippen molar-refractivity contribution in [3.05, 3.63) is 12.2 Å². The molecule has 7 heteroatoms. The van der Waals surface area contributed by atoms with Crippen molar-refractivity contribution in [3.8, 4) is 0 Å². The van der Waals surface area contributed by atoms with E-state index in [9.17, 15) is 29.7 Å². The molecule has 0 heterocycles. The Morgan fingerprint density at radius 3 is 1.74 bits per heavy atom. The Morgan fingerprint density at radius 2 is 1.33 bits per heavy atom. The van der Waals surface area contributed by atoms with Crippen molar-refractivity contribution >= 4 is 17.9 Å². The fourth-order valence-corrected chi connectivity index (χ4v) is 3.38. The highest BCUT2D eigenvalue weighted by Crippen LogP contribution is 2.21. The molecule has 0 radical (unpaired) electrons. The van der Waals surface area contributed by atoms with Gasteiger partial charge in [-0.15, -0.1) is 0 Å². The number of hydrogen-bond acceptors (Lipinski definition) is 4. The van der Waals surface area contributed by atoms with Crippen LogP contribution in [0.15, 0.2) is 12.2 Å². The Kier molecular flexibility index (Phi) is 11.6. The third-order valence-corrected chi connectivity index (χ3v) is 4.89. The van der Waals surface area contributed by atoms with Crippen LogP contribution in [0.25, 0.3) is 0 Å². The van der Waals surface area contributed by atoms with Crippen molar-refractivity contribution in [2.24, 2.45) is 17.8 Å². The van der Waals surface area contributed by atoms with E-state index in [1.165, 1.54) is 6.92 Å². The lowest BCUT2D eigenvalue weighted by atomic mass is 10.0. The van der Waals surface area contributed by atoms with Gasteiger partial charge in [0.05, 0.1) is 26.2 Å². The summed E-state index contributed by atoms with van der Waals surface area (Å²) in [5.74, 6) is -5.36. The summed E-state index contributed by atoms with van der Waals surface area (Å²) in [5, 5.41) is 30.0. The van der Waals surface area contributed by atoms with Gasteiger partial charge in [0.25, 0.3) is 0 Å². The Labute approximate surface area is 162 Å². The van der Waals surface area contributed by atoms with E-state index in [0.717, 1.165) is 19.3 Å². The Hall–Kier alpha value is -1.89. The van der Waals surface area contributed by atoms with E-state index in [1.54, 1.807) is 13.8 Å². The van der Waals surface area contributed by atoms with E-state index in [1.807, 2.05) is 6.08 Å². The van der Waals surface area contributed by atoms with Gasteiger partial charge in [-0.2, -0.15) is 0 Å². The number of hydrogen-bond donors (Lipinski definition) is 2. The lowest BCUT2D eigenvalue weighted by molar-refractivity contribution is -0.934. The highest BCUT2D eigenvalue weighted by molar-refractivity contribution is 5.70. The van der Waals surface area contributed by atoms with Gasteiger partial charge in [0.1, 0.15) is 11.8 Å². The largest absolute Gasteiger partial charge is 0.550 e. The maximum absolute atomic E-state index is 11.4. The highest BCUT2D eigenvalue weighted by Gasteiger charge is 2.36. The Morgan fingerprint density at radius 1 is 0.889 bits per heavy atom. The minimum atomic E-state index is -1.21. The van der Waals surface area contributed by atoms with Crippen molar-refractivity contribution in [1.29, 1.82) is 0 Å². The van der Waals surface area contributed by atoms with Crippen LogP contribution in [0.5, 0.6) is 0 Å². The van der Waals surface area contributed by atoms with Crippen LogP contribution in [-0.4, -0.2) is 58.8 Å². The predicted octanol–water partition coefficient (Wildman–Crippen LogP) is 1.77. The number of rotatable bonds is 15. The van der Waals surface area contributed by atoms with Gasteiger partial charge >= 0.3 is 11.9 Å². The lowest BCUT2D eigenvalue weighted by Crippen LogP contribution is -2.58. The topological polar surface area (TPSA) is 115 Å². The number of carbonyl (C=O) groups excluding carboxylic acids is 1. The number of aliphatic carboxylic acids is 3. The zero-order valence-electron chi connectivity index (χ0n) is 17.0. The molecular weight excluding hydrogens is 350 g/mol. The molecule has 0 aromatic carbocycles. The zero-order chi connectivity index (χ0) is 21.0. The van der Waals surface area contributed by atoms with Gasteiger partial charge in [-0.25, -0.2) is 0 Å². The summed E-state index contributed by atoms with van der Waals surface area (Å²) in [6.45, 7) is 7.80. The van der Waals surface area contributed by atoms with Gasteiger partial charge in [0, 0.05) is 18.3 Å². The number of carbonyl (C=O) groups is 3. The molecule has 0 aliphatic rings. The summed E-state index contributed by atoms with van der Waals surface area (Å²) < 4.78 is 0.133. The fourth-order valence-electron chi connectivity index (χ4n) is 3.38. The molecule has 3 unspecified atom stereocenters. The zero-order valence-corrected chi connectivity index (χ0v) is 17.0. The van der Waals surface area contributed by atoms with Crippen molar-refractivity contribution in [3.63, 3.8) is 0 Å². The summed E-state index contributed by atoms with van der Waals surface area (Å²) in [6, 6.07) is 0. The quantitative estimate of drug-likeness (QED) is 0.252. The second-order valence-electron chi connectivity index (χ2n) is 7.71. The smallest absolute Gasteiger partial charge is 0.311 e. The molecule has 2 N–H and O–H groups in total. The maximum Gasteiger partial charge on any atom is 0.311 e. The molecule has 7 nitrogen and oxygen atoms in total. The minimum Gasteiger partial charge on any atom is -0.550 e. The van der Waals surface area contributed by atoms with Crippen LogP contribution < -0.4 is 5.11 Å². The molecule has 3 atom stereocenters. The van der Waals surface area contributed by atoms with Crippen LogP contribution in [0, 0.1) is 17.8 Å². The number of carboxylic acid groups (broad SMARTS) is 3. The molecule has 0 aliphatic heterocycles. The second kappa shape index (κ2) is 12.5. The summed E-state index contributed by atoms with van der Waals surface area (Å²) in [7, 11) is 0. The second-order valence-corrected chi connectivity index (χ2v) is 7.71. The molecule has 0 saturated carbocycles. The third-order valence-electron chi connectivity index (χ3n) is 4.89. The van der Waals surface area contributed by atoms with Crippen LogP contribution in [0.3, 0.4) is 0 Å². The normalized spacial score (nSPS) is 17.2. The molecule has 0 aromatic rings. The van der Waals surface area contributed by atoms with Crippen molar-refractivity contribution in [2.75, 3.05) is 26.2 Å². The summed E-state index contributed by atoms with van der Waals surface area (Å²) in [6.07, 6.45) is 7.88. The minimum absolute atomic E-state index is 0.133. The van der Waals surface area contributed by atoms with Crippen molar-refractivity contribution < 1.29 is 34.2 Å². The Bertz CT molecular complexity index is 462. The number of allylic oxidation sites excluding steroid dienone is 1. The van der Waals surface area contributed by atoms with Crippen LogP contribution in [0.4, 0.5) is 0 Å². The van der Waals surface area contributed by atoms with Gasteiger partial charge in [-0.1, -0.05) is 38.8 Å². The van der Waals surface area contributed by atoms with Crippen LogP contribution >= 0.6 is 0 Å². The first-order chi connectivity index (χ1) is 12.5. The number of nitrogens with zero attached hydrogens (tertiary/aromatic N) is 1. The van der Waals surface area contributed by atoms with E-state index < -0.39 is 35.7 Å². The molecule has 0 aliphatic carbocycles. The monoisotopic (exact) mass is 385 g/mol. The number of carboxylic acids is 3. The van der Waals surface area contributed by atoms with Gasteiger partial charge in [-0.05, 0) is 20.3 Å². The van der Waals surface area contributed by atoms with Crippen LogP contribution in [0.2, 0.25) is 0 Å². The van der Waals surface area contributed by atoms with E-state index in [2.05, 4.69) is 13.0 Å². The molecule has 0 rings (SSSR count). The number of unbranched alkanes of at least 4 members (excludes halogenated alkanes) is 2.